The quantitative estimate of drug-likeness (QED) is 0.299. The van der Waals surface area contributed by atoms with E-state index in [-0.39, 0.29) is 16.9 Å². The van der Waals surface area contributed by atoms with Crippen LogP contribution in [0.2, 0.25) is 0 Å². The Balaban J connectivity index is 2.09. The summed E-state index contributed by atoms with van der Waals surface area (Å²) in [6.45, 7) is 0. The van der Waals surface area contributed by atoms with E-state index in [2.05, 4.69) is 25.3 Å². The number of alkyl halides is 3. The van der Waals surface area contributed by atoms with Gasteiger partial charge in [0.2, 0.25) is 0 Å². The first kappa shape index (κ1) is 21.8. The fourth-order valence-corrected chi connectivity index (χ4v) is 3.44. The predicted octanol–water partition coefficient (Wildman–Crippen LogP) is 4.94. The molecule has 0 aliphatic heterocycles. The SMILES string of the molecule is CNc1cc(F)cc2c1[nH]c1ncc(-c3cncc(C#N)c3)c(N=C/C(=C\N)C(F)(F)F)c12. The summed E-state index contributed by atoms with van der Waals surface area (Å²) in [5.41, 5.74) is 6.25. The van der Waals surface area contributed by atoms with E-state index in [4.69, 9.17) is 5.73 Å². The van der Waals surface area contributed by atoms with Gasteiger partial charge in [-0.05, 0) is 18.2 Å². The molecule has 33 heavy (non-hydrogen) atoms. The number of hydrogen-bond donors (Lipinski definition) is 3. The number of benzene rings is 1. The van der Waals surface area contributed by atoms with Gasteiger partial charge in [0.05, 0.1) is 33.4 Å². The molecular formula is C22H15F4N7. The first-order chi connectivity index (χ1) is 15.8. The van der Waals surface area contributed by atoms with Crippen LogP contribution in [0, 0.1) is 17.1 Å². The summed E-state index contributed by atoms with van der Waals surface area (Å²) in [6, 6.07) is 5.99. The molecule has 0 radical (unpaired) electrons. The minimum Gasteiger partial charge on any atom is -0.404 e. The van der Waals surface area contributed by atoms with Crippen molar-refractivity contribution in [1.29, 1.82) is 5.26 Å². The van der Waals surface area contributed by atoms with E-state index >= 15 is 0 Å². The van der Waals surface area contributed by atoms with Crippen molar-refractivity contribution in [2.75, 3.05) is 12.4 Å². The predicted molar refractivity (Wildman–Crippen MR) is 118 cm³/mol. The zero-order valence-corrected chi connectivity index (χ0v) is 17.0. The number of aromatic amines is 1. The van der Waals surface area contributed by atoms with Crippen LogP contribution in [-0.2, 0) is 0 Å². The van der Waals surface area contributed by atoms with E-state index in [1.54, 1.807) is 7.05 Å². The fraction of sp³-hybridized carbons (Fsp3) is 0.0909. The van der Waals surface area contributed by atoms with Gasteiger partial charge < -0.3 is 16.0 Å². The van der Waals surface area contributed by atoms with Gasteiger partial charge in [-0.3, -0.25) is 9.98 Å². The van der Waals surface area contributed by atoms with Gasteiger partial charge >= 0.3 is 6.18 Å². The molecule has 1 aromatic carbocycles. The van der Waals surface area contributed by atoms with E-state index in [1.807, 2.05) is 6.07 Å². The summed E-state index contributed by atoms with van der Waals surface area (Å²) >= 11 is 0. The van der Waals surface area contributed by atoms with Gasteiger partial charge in [-0.2, -0.15) is 18.4 Å². The van der Waals surface area contributed by atoms with E-state index < -0.39 is 17.6 Å². The van der Waals surface area contributed by atoms with E-state index in [9.17, 15) is 22.8 Å². The van der Waals surface area contributed by atoms with Crippen molar-refractivity contribution in [3.8, 4) is 17.2 Å². The van der Waals surface area contributed by atoms with Crippen LogP contribution in [0.3, 0.4) is 0 Å². The van der Waals surface area contributed by atoms with Gasteiger partial charge in [-0.15, -0.1) is 0 Å². The minimum atomic E-state index is -4.72. The molecule has 11 heteroatoms. The summed E-state index contributed by atoms with van der Waals surface area (Å²) in [5.74, 6) is -0.556. The minimum absolute atomic E-state index is 0.0828. The van der Waals surface area contributed by atoms with Crippen molar-refractivity contribution < 1.29 is 17.6 Å². The normalized spacial score (nSPS) is 12.5. The van der Waals surface area contributed by atoms with Crippen molar-refractivity contribution in [2.24, 2.45) is 10.7 Å². The van der Waals surface area contributed by atoms with Crippen molar-refractivity contribution in [3.05, 3.63) is 59.9 Å². The highest BCUT2D eigenvalue weighted by atomic mass is 19.4. The molecule has 0 unspecified atom stereocenters. The lowest BCUT2D eigenvalue weighted by molar-refractivity contribution is -0.0857. The highest BCUT2D eigenvalue weighted by Gasteiger charge is 2.32. The Hall–Kier alpha value is -4.46. The van der Waals surface area contributed by atoms with Crippen LogP contribution in [0.4, 0.5) is 28.9 Å². The lowest BCUT2D eigenvalue weighted by atomic mass is 10.0. The first-order valence-corrected chi connectivity index (χ1v) is 9.47. The number of H-pyrrole nitrogens is 1. The second-order valence-electron chi connectivity index (χ2n) is 6.95. The number of nitrogens with one attached hydrogen (secondary N) is 2. The second-order valence-corrected chi connectivity index (χ2v) is 6.95. The molecule has 7 nitrogen and oxygen atoms in total. The van der Waals surface area contributed by atoms with E-state index in [0.29, 0.717) is 45.5 Å². The number of rotatable bonds is 4. The molecule has 0 bridgehead atoms. The molecule has 0 saturated carbocycles. The maximum atomic E-state index is 14.3. The number of allylic oxidation sites excluding steroid dienone is 1. The average Bonchev–Trinajstić information content (AvgIpc) is 3.16. The number of halogens is 4. The molecule has 3 heterocycles. The number of nitrogens with two attached hydrogens (primary N) is 1. The molecule has 4 N–H and O–H groups in total. The Morgan fingerprint density at radius 1 is 1.24 bits per heavy atom. The highest BCUT2D eigenvalue weighted by Crippen LogP contribution is 2.41. The van der Waals surface area contributed by atoms with Crippen molar-refractivity contribution in [3.63, 3.8) is 0 Å². The Morgan fingerprint density at radius 3 is 2.70 bits per heavy atom. The van der Waals surface area contributed by atoms with Crippen LogP contribution >= 0.6 is 0 Å². The first-order valence-electron chi connectivity index (χ1n) is 9.47. The van der Waals surface area contributed by atoms with Crippen LogP contribution in [0.25, 0.3) is 33.1 Å². The summed E-state index contributed by atoms with van der Waals surface area (Å²) in [6.07, 6.45) is 0.457. The lowest BCUT2D eigenvalue weighted by Crippen LogP contribution is -2.14. The van der Waals surface area contributed by atoms with Gasteiger partial charge in [0.1, 0.15) is 17.5 Å². The molecule has 0 fully saturated rings. The van der Waals surface area contributed by atoms with Crippen LogP contribution < -0.4 is 11.1 Å². The smallest absolute Gasteiger partial charge is 0.404 e. The standard InChI is InChI=1S/C22H15F4N7/c1-29-17-4-14(23)3-15-18-20(31-9-13(6-28)22(24,25)26)16(10-32-21(18)33-19(15)17)12-2-11(5-27)7-30-8-12/h2-4,6-10,29H,28H2,1H3,(H,32,33)/b13-6+,31-9?. The number of nitrogens with zero attached hydrogens (tertiary/aromatic N) is 4. The zero-order valence-electron chi connectivity index (χ0n) is 17.0. The van der Waals surface area contributed by atoms with Crippen LogP contribution in [0.5, 0.6) is 0 Å². The van der Waals surface area contributed by atoms with Crippen LogP contribution in [0.1, 0.15) is 5.56 Å². The fourth-order valence-electron chi connectivity index (χ4n) is 3.44. The van der Waals surface area contributed by atoms with Gasteiger partial charge in [0.25, 0.3) is 0 Å². The molecule has 3 aromatic heterocycles. The van der Waals surface area contributed by atoms with Crippen molar-refractivity contribution in [2.45, 2.75) is 6.18 Å². The zero-order chi connectivity index (χ0) is 23.8. The largest absolute Gasteiger partial charge is 0.419 e. The summed E-state index contributed by atoms with van der Waals surface area (Å²) < 4.78 is 54.1. The van der Waals surface area contributed by atoms with Gasteiger partial charge in [-0.25, -0.2) is 9.37 Å². The van der Waals surface area contributed by atoms with Crippen molar-refractivity contribution >= 4 is 39.5 Å². The monoisotopic (exact) mass is 453 g/mol. The van der Waals surface area contributed by atoms with Gasteiger partial charge in [-0.1, -0.05) is 0 Å². The number of fused-ring (bicyclic) bond motifs is 3. The summed E-state index contributed by atoms with van der Waals surface area (Å²) in [7, 11) is 1.61. The number of nitriles is 1. The Kier molecular flexibility index (Phi) is 5.43. The molecular weight excluding hydrogens is 438 g/mol. The molecule has 4 rings (SSSR count). The van der Waals surface area contributed by atoms with E-state index in [1.165, 1.54) is 36.8 Å². The third-order valence-corrected chi connectivity index (χ3v) is 4.95. The highest BCUT2D eigenvalue weighted by molar-refractivity contribution is 6.17. The van der Waals surface area contributed by atoms with Crippen LogP contribution in [0.15, 0.2) is 53.6 Å². The third kappa shape index (κ3) is 3.94. The van der Waals surface area contributed by atoms with Crippen molar-refractivity contribution in [1.82, 2.24) is 15.0 Å². The third-order valence-electron chi connectivity index (χ3n) is 4.95. The summed E-state index contributed by atoms with van der Waals surface area (Å²) in [5, 5.41) is 12.8. The summed E-state index contributed by atoms with van der Waals surface area (Å²) in [4.78, 5) is 15.5. The number of aliphatic imine (C=N–C) groups is 1. The Bertz CT molecular complexity index is 1480. The second kappa shape index (κ2) is 8.23. The van der Waals surface area contributed by atoms with E-state index in [0.717, 1.165) is 0 Å². The number of anilines is 1. The average molecular weight is 453 g/mol. The molecule has 4 aromatic rings. The number of aromatic nitrogens is 3. The Labute approximate surface area is 184 Å². The Morgan fingerprint density at radius 2 is 2.03 bits per heavy atom. The molecule has 0 aliphatic carbocycles. The molecule has 0 atom stereocenters. The maximum absolute atomic E-state index is 14.3. The van der Waals surface area contributed by atoms with Gasteiger partial charge in [0.15, 0.2) is 0 Å². The molecule has 166 valence electrons. The number of pyridine rings is 2. The molecule has 0 aliphatic rings. The topological polar surface area (TPSA) is 116 Å². The molecule has 0 spiro atoms. The lowest BCUT2D eigenvalue weighted by Gasteiger charge is -2.09. The maximum Gasteiger partial charge on any atom is 0.419 e. The molecule has 0 saturated heterocycles. The van der Waals surface area contributed by atoms with Crippen LogP contribution in [-0.4, -0.2) is 34.4 Å². The number of hydrogen-bond acceptors (Lipinski definition) is 6. The van der Waals surface area contributed by atoms with Gasteiger partial charge in [0, 0.05) is 54.6 Å². The molecule has 0 amide bonds.